The second-order valence-electron chi connectivity index (χ2n) is 4.47. The van der Waals surface area contributed by atoms with Crippen LogP contribution < -0.4 is 4.74 Å². The third kappa shape index (κ3) is 3.89. The lowest BCUT2D eigenvalue weighted by molar-refractivity contribution is -0.134. The highest BCUT2D eigenvalue weighted by Crippen LogP contribution is 2.27. The normalized spacial score (nSPS) is 12.0. The van der Waals surface area contributed by atoms with Crippen molar-refractivity contribution < 1.29 is 14.1 Å². The number of likely N-dealkylation sites (N-methyl/N-ethyl adjacent to an activating group) is 1. The smallest absolute Gasteiger partial charge is 0.260 e. The second kappa shape index (κ2) is 6.83. The van der Waals surface area contributed by atoms with Crippen molar-refractivity contribution in [3.63, 3.8) is 0 Å². The third-order valence-corrected chi connectivity index (χ3v) is 3.64. The minimum atomic E-state index is -0.208. The number of hydrogen-bond donors (Lipinski definition) is 0. The largest absolute Gasteiger partial charge is 0.482 e. The van der Waals surface area contributed by atoms with E-state index in [0.29, 0.717) is 21.5 Å². The lowest BCUT2D eigenvalue weighted by atomic mass is 10.2. The van der Waals surface area contributed by atoms with Gasteiger partial charge in [-0.1, -0.05) is 28.4 Å². The Bertz CT molecular complexity index is 617. The Kier molecular flexibility index (Phi) is 5.09. The molecule has 0 aliphatic heterocycles. The fourth-order valence-electron chi connectivity index (χ4n) is 1.69. The summed E-state index contributed by atoms with van der Waals surface area (Å²) >= 11 is 11.8. The zero-order valence-electron chi connectivity index (χ0n) is 11.5. The van der Waals surface area contributed by atoms with E-state index in [1.165, 1.54) is 11.2 Å². The minimum Gasteiger partial charge on any atom is -0.482 e. The number of ether oxygens (including phenoxy) is 1. The van der Waals surface area contributed by atoms with E-state index in [2.05, 4.69) is 5.16 Å². The van der Waals surface area contributed by atoms with Crippen LogP contribution in [0.25, 0.3) is 0 Å². The van der Waals surface area contributed by atoms with E-state index in [1.807, 2.05) is 6.92 Å². The molecule has 1 atom stereocenters. The molecule has 0 saturated carbocycles. The summed E-state index contributed by atoms with van der Waals surface area (Å²) in [6, 6.07) is 6.34. The molecule has 0 N–H and O–H groups in total. The van der Waals surface area contributed by atoms with Crippen LogP contribution in [-0.2, 0) is 4.79 Å². The van der Waals surface area contributed by atoms with Crippen molar-refractivity contribution in [1.82, 2.24) is 10.1 Å². The van der Waals surface area contributed by atoms with Gasteiger partial charge >= 0.3 is 0 Å². The van der Waals surface area contributed by atoms with Crippen LogP contribution in [0.1, 0.15) is 18.7 Å². The predicted molar refractivity (Wildman–Crippen MR) is 79.6 cm³/mol. The van der Waals surface area contributed by atoms with E-state index in [4.69, 9.17) is 32.5 Å². The molecule has 2 aromatic rings. The zero-order valence-corrected chi connectivity index (χ0v) is 13.1. The molecule has 0 aliphatic rings. The summed E-state index contributed by atoms with van der Waals surface area (Å²) in [6.45, 7) is 1.73. The van der Waals surface area contributed by atoms with Gasteiger partial charge in [-0.05, 0) is 25.1 Å². The van der Waals surface area contributed by atoms with Gasteiger partial charge in [-0.15, -0.1) is 0 Å². The summed E-state index contributed by atoms with van der Waals surface area (Å²) in [7, 11) is 1.68. The summed E-state index contributed by atoms with van der Waals surface area (Å²) in [5, 5.41) is 4.69. The molecule has 5 nitrogen and oxygen atoms in total. The van der Waals surface area contributed by atoms with E-state index in [9.17, 15) is 4.79 Å². The summed E-state index contributed by atoms with van der Waals surface area (Å²) < 4.78 is 10.2. The molecular formula is C14H14Cl2N2O3. The Hall–Kier alpha value is -1.72. The number of amides is 1. The average Bonchev–Trinajstić information content (AvgIpc) is 2.98. The quantitative estimate of drug-likeness (QED) is 0.841. The van der Waals surface area contributed by atoms with Gasteiger partial charge in [0, 0.05) is 18.1 Å². The maximum absolute atomic E-state index is 12.1. The molecule has 1 aromatic carbocycles. The number of carbonyl (C=O) groups is 1. The van der Waals surface area contributed by atoms with Crippen molar-refractivity contribution in [2.45, 2.75) is 13.0 Å². The second-order valence-corrected chi connectivity index (χ2v) is 5.31. The predicted octanol–water partition coefficient (Wildman–Crippen LogP) is 3.58. The average molecular weight is 329 g/mol. The van der Waals surface area contributed by atoms with Crippen molar-refractivity contribution in [3.8, 4) is 5.75 Å². The molecule has 0 saturated heterocycles. The monoisotopic (exact) mass is 328 g/mol. The molecule has 2 rings (SSSR count). The Morgan fingerprint density at radius 2 is 2.19 bits per heavy atom. The molecule has 0 fully saturated rings. The van der Waals surface area contributed by atoms with Gasteiger partial charge in [0.2, 0.25) is 0 Å². The van der Waals surface area contributed by atoms with Crippen LogP contribution in [0, 0.1) is 0 Å². The highest BCUT2D eigenvalue weighted by molar-refractivity contribution is 6.35. The van der Waals surface area contributed by atoms with E-state index >= 15 is 0 Å². The SMILES string of the molecule is C[C@@H](c1ccon1)N(C)C(=O)COc1ccc(Cl)cc1Cl. The Morgan fingerprint density at radius 1 is 1.43 bits per heavy atom. The van der Waals surface area contributed by atoms with Crippen molar-refractivity contribution in [1.29, 1.82) is 0 Å². The molecule has 21 heavy (non-hydrogen) atoms. The lowest BCUT2D eigenvalue weighted by Gasteiger charge is -2.23. The van der Waals surface area contributed by atoms with E-state index < -0.39 is 0 Å². The van der Waals surface area contributed by atoms with E-state index in [1.54, 1.807) is 31.3 Å². The number of aromatic nitrogens is 1. The molecule has 0 spiro atoms. The number of hydrogen-bond acceptors (Lipinski definition) is 4. The van der Waals surface area contributed by atoms with Crippen LogP contribution in [0.4, 0.5) is 0 Å². The molecule has 0 aliphatic carbocycles. The molecule has 1 amide bonds. The Labute approximate surface area is 132 Å². The molecule has 7 heteroatoms. The van der Waals surface area contributed by atoms with Gasteiger partial charge in [-0.2, -0.15) is 0 Å². The number of halogens is 2. The van der Waals surface area contributed by atoms with Gasteiger partial charge in [0.25, 0.3) is 5.91 Å². The van der Waals surface area contributed by atoms with E-state index in [0.717, 1.165) is 0 Å². The summed E-state index contributed by atoms with van der Waals surface area (Å²) in [6.07, 6.45) is 1.47. The van der Waals surface area contributed by atoms with Gasteiger partial charge < -0.3 is 14.2 Å². The van der Waals surface area contributed by atoms with Crippen molar-refractivity contribution in [3.05, 3.63) is 46.3 Å². The fourth-order valence-corrected chi connectivity index (χ4v) is 2.15. The Morgan fingerprint density at radius 3 is 2.81 bits per heavy atom. The highest BCUT2D eigenvalue weighted by atomic mass is 35.5. The van der Waals surface area contributed by atoms with Gasteiger partial charge in [0.15, 0.2) is 6.61 Å². The first-order chi connectivity index (χ1) is 9.99. The zero-order chi connectivity index (χ0) is 15.4. The fraction of sp³-hybridized carbons (Fsp3) is 0.286. The van der Waals surface area contributed by atoms with Crippen molar-refractivity contribution in [2.24, 2.45) is 0 Å². The topological polar surface area (TPSA) is 55.6 Å². The molecule has 0 radical (unpaired) electrons. The first-order valence-corrected chi connectivity index (χ1v) is 6.98. The maximum atomic E-state index is 12.1. The van der Waals surface area contributed by atoms with Crippen LogP contribution in [0.15, 0.2) is 35.1 Å². The summed E-state index contributed by atoms with van der Waals surface area (Å²) in [5.74, 6) is 0.216. The standard InChI is InChI=1S/C14H14Cl2N2O3/c1-9(12-5-6-21-17-12)18(2)14(19)8-20-13-4-3-10(15)7-11(13)16/h3-7,9H,8H2,1-2H3/t9-/m0/s1. The first kappa shape index (κ1) is 15.7. The minimum absolute atomic E-state index is 0.125. The molecule has 1 heterocycles. The third-order valence-electron chi connectivity index (χ3n) is 3.11. The van der Waals surface area contributed by atoms with Crippen LogP contribution in [0.2, 0.25) is 10.0 Å². The molecular weight excluding hydrogens is 315 g/mol. The molecule has 0 bridgehead atoms. The number of carbonyl (C=O) groups excluding carboxylic acids is 1. The van der Waals surface area contributed by atoms with Crippen LogP contribution in [0.5, 0.6) is 5.75 Å². The van der Waals surface area contributed by atoms with Crippen molar-refractivity contribution >= 4 is 29.1 Å². The first-order valence-electron chi connectivity index (χ1n) is 6.23. The van der Waals surface area contributed by atoms with Gasteiger partial charge in [0.05, 0.1) is 11.1 Å². The number of rotatable bonds is 5. The summed E-state index contributed by atoms with van der Waals surface area (Å²) in [5.41, 5.74) is 0.676. The van der Waals surface area contributed by atoms with Crippen LogP contribution >= 0.6 is 23.2 Å². The molecule has 112 valence electrons. The maximum Gasteiger partial charge on any atom is 0.260 e. The summed E-state index contributed by atoms with van der Waals surface area (Å²) in [4.78, 5) is 13.6. The highest BCUT2D eigenvalue weighted by Gasteiger charge is 2.20. The molecule has 1 aromatic heterocycles. The van der Waals surface area contributed by atoms with E-state index in [-0.39, 0.29) is 18.6 Å². The number of benzene rings is 1. The Balaban J connectivity index is 1.95. The van der Waals surface area contributed by atoms with Gasteiger partial charge in [0.1, 0.15) is 17.7 Å². The van der Waals surface area contributed by atoms with Crippen molar-refractivity contribution in [2.75, 3.05) is 13.7 Å². The van der Waals surface area contributed by atoms with Gasteiger partial charge in [-0.25, -0.2) is 0 Å². The van der Waals surface area contributed by atoms with Crippen LogP contribution in [0.3, 0.4) is 0 Å². The van der Waals surface area contributed by atoms with Gasteiger partial charge in [-0.3, -0.25) is 4.79 Å². The lowest BCUT2D eigenvalue weighted by Crippen LogP contribution is -2.33. The van der Waals surface area contributed by atoms with Crippen LogP contribution in [-0.4, -0.2) is 29.6 Å². The number of nitrogens with zero attached hydrogens (tertiary/aromatic N) is 2. The molecule has 0 unspecified atom stereocenters.